The van der Waals surface area contributed by atoms with Crippen molar-refractivity contribution in [3.8, 4) is 0 Å². The van der Waals surface area contributed by atoms with E-state index >= 15 is 0 Å². The minimum absolute atomic E-state index is 0. The molecule has 0 radical (unpaired) electrons. The van der Waals surface area contributed by atoms with E-state index in [1.54, 1.807) is 6.92 Å². The van der Waals surface area contributed by atoms with Crippen molar-refractivity contribution in [3.05, 3.63) is 35.4 Å². The first-order chi connectivity index (χ1) is 7.78. The molecule has 1 atom stereocenters. The van der Waals surface area contributed by atoms with E-state index < -0.39 is 10.1 Å². The Kier molecular flexibility index (Phi) is 7.71. The van der Waals surface area contributed by atoms with Crippen LogP contribution in [0, 0.1) is 5.92 Å². The van der Waals surface area contributed by atoms with E-state index in [1.165, 1.54) is 5.56 Å². The molecule has 0 aliphatic heterocycles. The maximum Gasteiger partial charge on any atom is 1.00 e. The second kappa shape index (κ2) is 7.65. The number of hydrogen-bond donors (Lipinski definition) is 0. The molecule has 1 aromatic rings. The van der Waals surface area contributed by atoms with E-state index in [0.717, 1.165) is 12.0 Å². The summed E-state index contributed by atoms with van der Waals surface area (Å²) in [7, 11) is -4.15. The summed E-state index contributed by atoms with van der Waals surface area (Å²) in [5, 5.41) is 0. The van der Waals surface area contributed by atoms with E-state index in [4.69, 9.17) is 0 Å². The number of benzene rings is 1. The first-order valence-corrected chi connectivity index (χ1v) is 7.38. The van der Waals surface area contributed by atoms with Crippen LogP contribution in [0.5, 0.6) is 0 Å². The molecule has 0 spiro atoms. The van der Waals surface area contributed by atoms with Crippen molar-refractivity contribution in [2.45, 2.75) is 33.1 Å². The zero-order chi connectivity index (χ0) is 13.1. The van der Waals surface area contributed by atoms with Gasteiger partial charge in [0, 0.05) is 5.75 Å². The fourth-order valence-corrected chi connectivity index (χ4v) is 2.66. The summed E-state index contributed by atoms with van der Waals surface area (Å²) in [6.07, 6.45) is 1.01. The van der Waals surface area contributed by atoms with Gasteiger partial charge in [0.15, 0.2) is 0 Å². The monoisotopic (exact) mass is 278 g/mol. The molecule has 96 valence electrons. The van der Waals surface area contributed by atoms with Gasteiger partial charge in [-0.05, 0) is 29.4 Å². The summed E-state index contributed by atoms with van der Waals surface area (Å²) in [5.41, 5.74) is 2.14. The molecule has 0 aromatic heterocycles. The molecule has 0 saturated carbocycles. The van der Waals surface area contributed by atoms with Gasteiger partial charge in [-0.3, -0.25) is 0 Å². The predicted octanol–water partition coefficient (Wildman–Crippen LogP) is -0.462. The third kappa shape index (κ3) is 6.90. The zero-order valence-corrected chi connectivity index (χ0v) is 14.3. The van der Waals surface area contributed by atoms with Gasteiger partial charge in [0.2, 0.25) is 0 Å². The van der Waals surface area contributed by atoms with Gasteiger partial charge in [0.25, 0.3) is 0 Å². The Balaban J connectivity index is 0.00000289. The van der Waals surface area contributed by atoms with Gasteiger partial charge < -0.3 is 4.55 Å². The normalized spacial score (nSPS) is 13.2. The van der Waals surface area contributed by atoms with E-state index in [2.05, 4.69) is 13.8 Å². The van der Waals surface area contributed by atoms with Crippen molar-refractivity contribution < 1.29 is 42.5 Å². The first-order valence-electron chi connectivity index (χ1n) is 5.80. The molecule has 0 aliphatic rings. The Morgan fingerprint density at radius 3 is 2.00 bits per heavy atom. The zero-order valence-electron chi connectivity index (χ0n) is 11.5. The standard InChI is InChI=1S/C13H20O3S.Na/c1-10(2)8-12-4-6-13(7-5-12)11(3)9-17(14,15)16;/h4-7,10-11H,8-9H2,1-3H3,(H,14,15,16);/q;+1/p-1/t11-;/m1./s1. The van der Waals surface area contributed by atoms with Gasteiger partial charge in [-0.25, -0.2) is 8.42 Å². The molecule has 0 N–H and O–H groups in total. The van der Waals surface area contributed by atoms with Crippen LogP contribution in [-0.4, -0.2) is 18.7 Å². The topological polar surface area (TPSA) is 57.2 Å². The molecule has 1 rings (SSSR count). The molecule has 0 unspecified atom stereocenters. The minimum atomic E-state index is -4.15. The number of hydrogen-bond acceptors (Lipinski definition) is 3. The van der Waals surface area contributed by atoms with Gasteiger partial charge in [-0.1, -0.05) is 45.0 Å². The Hall–Kier alpha value is 0.130. The summed E-state index contributed by atoms with van der Waals surface area (Å²) in [6, 6.07) is 7.83. The molecule has 0 saturated heterocycles. The van der Waals surface area contributed by atoms with Crippen LogP contribution in [0.1, 0.15) is 37.8 Å². The molecule has 3 nitrogen and oxygen atoms in total. The van der Waals surface area contributed by atoms with Crippen LogP contribution in [0.25, 0.3) is 0 Å². The molecule has 0 heterocycles. The molecule has 0 aliphatic carbocycles. The molecule has 1 aromatic carbocycles. The smallest absolute Gasteiger partial charge is 0.748 e. The third-order valence-electron chi connectivity index (χ3n) is 2.65. The quantitative estimate of drug-likeness (QED) is 0.541. The SMILES string of the molecule is CC(C)Cc1ccc([C@H](C)CS(=O)(=O)[O-])cc1.[Na+]. The fraction of sp³-hybridized carbons (Fsp3) is 0.538. The van der Waals surface area contributed by atoms with Crippen LogP contribution < -0.4 is 29.6 Å². The Morgan fingerprint density at radius 1 is 1.11 bits per heavy atom. The van der Waals surface area contributed by atoms with Crippen LogP contribution in [0.15, 0.2) is 24.3 Å². The minimum Gasteiger partial charge on any atom is -0.748 e. The van der Waals surface area contributed by atoms with Crippen molar-refractivity contribution in [2.75, 3.05) is 5.75 Å². The van der Waals surface area contributed by atoms with Crippen molar-refractivity contribution in [3.63, 3.8) is 0 Å². The van der Waals surface area contributed by atoms with Gasteiger partial charge in [-0.15, -0.1) is 0 Å². The summed E-state index contributed by atoms with van der Waals surface area (Å²) >= 11 is 0. The van der Waals surface area contributed by atoms with E-state index in [9.17, 15) is 13.0 Å². The van der Waals surface area contributed by atoms with E-state index in [-0.39, 0.29) is 41.2 Å². The van der Waals surface area contributed by atoms with Gasteiger partial charge in [-0.2, -0.15) is 0 Å². The average Bonchev–Trinajstić information content (AvgIpc) is 2.15. The van der Waals surface area contributed by atoms with Crippen LogP contribution >= 0.6 is 0 Å². The fourth-order valence-electron chi connectivity index (χ4n) is 1.86. The van der Waals surface area contributed by atoms with Crippen LogP contribution in [0.4, 0.5) is 0 Å². The summed E-state index contributed by atoms with van der Waals surface area (Å²) in [4.78, 5) is 0. The molecule has 0 bridgehead atoms. The van der Waals surface area contributed by atoms with Crippen LogP contribution in [0.3, 0.4) is 0 Å². The van der Waals surface area contributed by atoms with Crippen molar-refractivity contribution in [1.82, 2.24) is 0 Å². The summed E-state index contributed by atoms with van der Waals surface area (Å²) in [6.45, 7) is 6.06. The second-order valence-electron chi connectivity index (χ2n) is 4.96. The first kappa shape index (κ1) is 18.1. The second-order valence-corrected chi connectivity index (χ2v) is 6.41. The van der Waals surface area contributed by atoms with Crippen LogP contribution in [-0.2, 0) is 16.5 Å². The summed E-state index contributed by atoms with van der Waals surface area (Å²) < 4.78 is 32.0. The Morgan fingerprint density at radius 2 is 1.61 bits per heavy atom. The largest absolute Gasteiger partial charge is 1.00 e. The van der Waals surface area contributed by atoms with Crippen molar-refractivity contribution in [2.24, 2.45) is 5.92 Å². The molecular formula is C13H19NaO3S. The van der Waals surface area contributed by atoms with Crippen molar-refractivity contribution >= 4 is 10.1 Å². The van der Waals surface area contributed by atoms with Gasteiger partial charge >= 0.3 is 29.6 Å². The maximum absolute atomic E-state index is 10.7. The van der Waals surface area contributed by atoms with Gasteiger partial charge in [0.1, 0.15) is 0 Å². The van der Waals surface area contributed by atoms with Crippen LogP contribution in [0.2, 0.25) is 0 Å². The van der Waals surface area contributed by atoms with Gasteiger partial charge in [0.05, 0.1) is 10.1 Å². The molecular weight excluding hydrogens is 259 g/mol. The third-order valence-corrected chi connectivity index (χ3v) is 3.56. The molecule has 5 heteroatoms. The van der Waals surface area contributed by atoms with E-state index in [0.29, 0.717) is 5.92 Å². The summed E-state index contributed by atoms with van der Waals surface area (Å²) in [5.74, 6) is 0.0159. The maximum atomic E-state index is 10.7. The molecule has 0 fully saturated rings. The molecule has 0 amide bonds. The Labute approximate surface area is 132 Å². The van der Waals surface area contributed by atoms with E-state index in [1.807, 2.05) is 24.3 Å². The number of rotatable bonds is 5. The average molecular weight is 278 g/mol. The molecule has 18 heavy (non-hydrogen) atoms. The van der Waals surface area contributed by atoms with Crippen molar-refractivity contribution in [1.29, 1.82) is 0 Å². The Bertz CT molecular complexity index is 452. The predicted molar refractivity (Wildman–Crippen MR) is 68.0 cm³/mol.